The summed E-state index contributed by atoms with van der Waals surface area (Å²) < 4.78 is 5.87. The number of nitrogens with one attached hydrogen (secondary N) is 1. The summed E-state index contributed by atoms with van der Waals surface area (Å²) in [5.74, 6) is 1.08. The third kappa shape index (κ3) is 7.10. The molecule has 2 atom stereocenters. The highest BCUT2D eigenvalue weighted by molar-refractivity contribution is 5.25. The molecule has 1 aromatic rings. The van der Waals surface area contributed by atoms with Gasteiger partial charge < -0.3 is 10.1 Å². The van der Waals surface area contributed by atoms with Crippen molar-refractivity contribution in [3.05, 3.63) is 35.4 Å². The molecular weight excluding hydrogens is 258 g/mol. The van der Waals surface area contributed by atoms with Crippen LogP contribution >= 0.6 is 0 Å². The smallest absolute Gasteiger partial charge is 0.0720 e. The van der Waals surface area contributed by atoms with E-state index in [0.29, 0.717) is 24.5 Å². The number of benzene rings is 1. The molecule has 0 aliphatic carbocycles. The molecule has 0 aliphatic heterocycles. The van der Waals surface area contributed by atoms with Gasteiger partial charge in [0, 0.05) is 12.1 Å². The van der Waals surface area contributed by atoms with Gasteiger partial charge in [0.25, 0.3) is 0 Å². The summed E-state index contributed by atoms with van der Waals surface area (Å²) in [6.45, 7) is 17.1. The van der Waals surface area contributed by atoms with Crippen LogP contribution < -0.4 is 5.32 Å². The Labute approximate surface area is 131 Å². The molecule has 0 saturated heterocycles. The largest absolute Gasteiger partial charge is 0.374 e. The third-order valence-corrected chi connectivity index (χ3v) is 3.94. The Balaban J connectivity index is 2.49. The molecule has 0 aromatic heterocycles. The van der Waals surface area contributed by atoms with Gasteiger partial charge >= 0.3 is 0 Å². The van der Waals surface area contributed by atoms with Crippen molar-refractivity contribution >= 4 is 0 Å². The van der Waals surface area contributed by atoms with Crippen molar-refractivity contribution in [2.45, 2.75) is 72.6 Å². The van der Waals surface area contributed by atoms with Gasteiger partial charge in [-0.3, -0.25) is 0 Å². The first-order chi connectivity index (χ1) is 9.69. The van der Waals surface area contributed by atoms with Crippen LogP contribution in [-0.4, -0.2) is 18.2 Å². The summed E-state index contributed by atoms with van der Waals surface area (Å²) >= 11 is 0. The van der Waals surface area contributed by atoms with Crippen LogP contribution in [0.15, 0.2) is 24.3 Å². The van der Waals surface area contributed by atoms with E-state index in [9.17, 15) is 0 Å². The minimum atomic E-state index is 0.176. The van der Waals surface area contributed by atoms with Gasteiger partial charge in [-0.2, -0.15) is 0 Å². The SMILES string of the molecule is CC(CNC(C)(C)C)c1ccc(COC(C)C(C)C)cc1. The van der Waals surface area contributed by atoms with Gasteiger partial charge in [-0.05, 0) is 50.7 Å². The van der Waals surface area contributed by atoms with Gasteiger partial charge in [-0.25, -0.2) is 0 Å². The average molecular weight is 291 g/mol. The normalized spacial score (nSPS) is 15.2. The monoisotopic (exact) mass is 291 g/mol. The molecule has 1 rings (SSSR count). The first-order valence-electron chi connectivity index (χ1n) is 8.14. The van der Waals surface area contributed by atoms with Crippen LogP contribution in [0.25, 0.3) is 0 Å². The van der Waals surface area contributed by atoms with E-state index in [1.54, 1.807) is 0 Å². The highest BCUT2D eigenvalue weighted by atomic mass is 16.5. The number of rotatable bonds is 7. The van der Waals surface area contributed by atoms with E-state index in [0.717, 1.165) is 6.54 Å². The van der Waals surface area contributed by atoms with Crippen molar-refractivity contribution in [1.29, 1.82) is 0 Å². The van der Waals surface area contributed by atoms with E-state index in [2.05, 4.69) is 78.0 Å². The minimum Gasteiger partial charge on any atom is -0.374 e. The zero-order valence-electron chi connectivity index (χ0n) is 14.9. The van der Waals surface area contributed by atoms with Gasteiger partial charge in [0.15, 0.2) is 0 Å². The zero-order valence-corrected chi connectivity index (χ0v) is 14.9. The average Bonchev–Trinajstić information content (AvgIpc) is 2.41. The van der Waals surface area contributed by atoms with Crippen molar-refractivity contribution in [2.75, 3.05) is 6.54 Å². The molecule has 0 amide bonds. The standard InChI is InChI=1S/C19H33NO/c1-14(2)16(4)21-13-17-8-10-18(11-9-17)15(3)12-20-19(5,6)7/h8-11,14-16,20H,12-13H2,1-7H3. The topological polar surface area (TPSA) is 21.3 Å². The molecule has 120 valence electrons. The van der Waals surface area contributed by atoms with Crippen LogP contribution in [0.2, 0.25) is 0 Å². The number of hydrogen-bond donors (Lipinski definition) is 1. The summed E-state index contributed by atoms with van der Waals surface area (Å²) in [6, 6.07) is 8.84. The second-order valence-electron chi connectivity index (χ2n) is 7.53. The first-order valence-corrected chi connectivity index (χ1v) is 8.14. The highest BCUT2D eigenvalue weighted by Crippen LogP contribution is 2.17. The predicted molar refractivity (Wildman–Crippen MR) is 91.7 cm³/mol. The lowest BCUT2D eigenvalue weighted by molar-refractivity contribution is 0.0235. The first kappa shape index (κ1) is 18.2. The van der Waals surface area contributed by atoms with Gasteiger partial charge in [-0.15, -0.1) is 0 Å². The molecule has 0 saturated carbocycles. The van der Waals surface area contributed by atoms with Crippen LogP contribution in [0.1, 0.15) is 65.5 Å². The molecule has 1 aromatic carbocycles. The second kappa shape index (κ2) is 7.95. The quantitative estimate of drug-likeness (QED) is 0.783. The maximum absolute atomic E-state index is 5.87. The fraction of sp³-hybridized carbons (Fsp3) is 0.684. The molecule has 21 heavy (non-hydrogen) atoms. The van der Waals surface area contributed by atoms with Crippen molar-refractivity contribution in [2.24, 2.45) is 5.92 Å². The van der Waals surface area contributed by atoms with Crippen molar-refractivity contribution in [3.8, 4) is 0 Å². The van der Waals surface area contributed by atoms with E-state index >= 15 is 0 Å². The van der Waals surface area contributed by atoms with Gasteiger partial charge in [0.1, 0.15) is 0 Å². The molecule has 0 heterocycles. The van der Waals surface area contributed by atoms with Gasteiger partial charge in [0.05, 0.1) is 12.7 Å². The summed E-state index contributed by atoms with van der Waals surface area (Å²) in [7, 11) is 0. The number of hydrogen-bond acceptors (Lipinski definition) is 2. The highest BCUT2D eigenvalue weighted by Gasteiger charge is 2.12. The summed E-state index contributed by atoms with van der Waals surface area (Å²) in [4.78, 5) is 0. The fourth-order valence-corrected chi connectivity index (χ4v) is 1.94. The summed E-state index contributed by atoms with van der Waals surface area (Å²) in [5.41, 5.74) is 2.81. The Morgan fingerprint density at radius 1 is 1.00 bits per heavy atom. The van der Waals surface area contributed by atoms with Crippen LogP contribution in [0, 0.1) is 5.92 Å². The van der Waals surface area contributed by atoms with Gasteiger partial charge in [0.2, 0.25) is 0 Å². The lowest BCUT2D eigenvalue weighted by atomic mass is 9.98. The Hall–Kier alpha value is -0.860. The molecule has 0 aliphatic rings. The number of ether oxygens (including phenoxy) is 1. The summed E-state index contributed by atoms with van der Waals surface area (Å²) in [6.07, 6.45) is 0.305. The van der Waals surface area contributed by atoms with E-state index < -0.39 is 0 Å². The maximum atomic E-state index is 5.87. The molecule has 0 fully saturated rings. The predicted octanol–water partition coefficient (Wildman–Crippen LogP) is 4.74. The van der Waals surface area contributed by atoms with Crippen LogP contribution in [-0.2, 0) is 11.3 Å². The van der Waals surface area contributed by atoms with E-state index in [4.69, 9.17) is 4.74 Å². The molecule has 0 spiro atoms. The fourth-order valence-electron chi connectivity index (χ4n) is 1.94. The lowest BCUT2D eigenvalue weighted by Crippen LogP contribution is -2.38. The van der Waals surface area contributed by atoms with Gasteiger partial charge in [-0.1, -0.05) is 45.0 Å². The van der Waals surface area contributed by atoms with Crippen molar-refractivity contribution < 1.29 is 4.74 Å². The molecular formula is C19H33NO. The maximum Gasteiger partial charge on any atom is 0.0720 e. The third-order valence-electron chi connectivity index (χ3n) is 3.94. The Morgan fingerprint density at radius 2 is 1.57 bits per heavy atom. The molecule has 2 nitrogen and oxygen atoms in total. The van der Waals surface area contributed by atoms with Crippen molar-refractivity contribution in [3.63, 3.8) is 0 Å². The van der Waals surface area contributed by atoms with Crippen molar-refractivity contribution in [1.82, 2.24) is 5.32 Å². The Bertz CT molecular complexity index is 403. The minimum absolute atomic E-state index is 0.176. The Kier molecular flexibility index (Phi) is 6.89. The molecule has 0 radical (unpaired) electrons. The molecule has 0 bridgehead atoms. The molecule has 2 heteroatoms. The van der Waals surface area contributed by atoms with E-state index in [1.165, 1.54) is 11.1 Å². The lowest BCUT2D eigenvalue weighted by Gasteiger charge is -2.23. The van der Waals surface area contributed by atoms with E-state index in [1.807, 2.05) is 0 Å². The van der Waals surface area contributed by atoms with E-state index in [-0.39, 0.29) is 5.54 Å². The molecule has 1 N–H and O–H groups in total. The zero-order chi connectivity index (χ0) is 16.0. The second-order valence-corrected chi connectivity index (χ2v) is 7.53. The molecule has 2 unspecified atom stereocenters. The van der Waals surface area contributed by atoms with Crippen LogP contribution in [0.5, 0.6) is 0 Å². The van der Waals surface area contributed by atoms with Crippen LogP contribution in [0.4, 0.5) is 0 Å². The summed E-state index contributed by atoms with van der Waals surface area (Å²) in [5, 5.41) is 3.56. The van der Waals surface area contributed by atoms with Crippen LogP contribution in [0.3, 0.4) is 0 Å². The Morgan fingerprint density at radius 3 is 2.05 bits per heavy atom.